The van der Waals surface area contributed by atoms with Crippen molar-refractivity contribution in [3.05, 3.63) is 30.3 Å². The van der Waals surface area contributed by atoms with Crippen molar-refractivity contribution in [2.75, 3.05) is 19.6 Å². The summed E-state index contributed by atoms with van der Waals surface area (Å²) >= 11 is 0. The van der Waals surface area contributed by atoms with Gasteiger partial charge in [-0.05, 0) is 50.7 Å². The maximum absolute atomic E-state index is 2.49. The molecule has 0 spiro atoms. The minimum Gasteiger partial charge on any atom is -0.291 e. The van der Waals surface area contributed by atoms with Crippen LogP contribution in [0.3, 0.4) is 0 Å². The Morgan fingerprint density at radius 3 is 0.557 bits per heavy atom. The number of nitrogens with zero attached hydrogens (tertiary/aromatic N) is 1. The summed E-state index contributed by atoms with van der Waals surface area (Å²) in [5, 5.41) is 0. The van der Waals surface area contributed by atoms with Crippen LogP contribution in [0.25, 0.3) is 0 Å². The van der Waals surface area contributed by atoms with Crippen LogP contribution < -0.4 is 4.48 Å². The van der Waals surface area contributed by atoms with E-state index in [0.717, 1.165) is 0 Å². The predicted molar refractivity (Wildman–Crippen MR) is 281 cm³/mol. The van der Waals surface area contributed by atoms with Gasteiger partial charge in [-0.25, -0.2) is 0 Å². The molecule has 0 aliphatic rings. The molecule has 0 fully saturated rings. The number of quaternary nitrogens is 1. The van der Waals surface area contributed by atoms with E-state index in [2.05, 4.69) is 51.1 Å². The topological polar surface area (TPSA) is 0 Å². The Morgan fingerprint density at radius 2 is 0.377 bits per heavy atom. The van der Waals surface area contributed by atoms with Crippen LogP contribution in [0, 0.1) is 0 Å². The van der Waals surface area contributed by atoms with Crippen molar-refractivity contribution in [2.45, 2.75) is 329 Å². The Balaban J connectivity index is 2.42. The Labute approximate surface area is 387 Å². The van der Waals surface area contributed by atoms with Crippen LogP contribution in [0.5, 0.6) is 0 Å². The number of unbranched alkanes of at least 4 members (excludes halogenated alkanes) is 45. The second-order valence-corrected chi connectivity index (χ2v) is 20.6. The molecular weight excluding hydrogens is 735 g/mol. The summed E-state index contributed by atoms with van der Waals surface area (Å²) in [5.74, 6) is 0. The maximum Gasteiger partial charge on any atom is 0.132 e. The molecule has 1 rings (SSSR count). The van der Waals surface area contributed by atoms with Gasteiger partial charge in [-0.15, -0.1) is 0 Å². The first-order chi connectivity index (χ1) is 30.3. The zero-order chi connectivity index (χ0) is 43.7. The van der Waals surface area contributed by atoms with Crippen molar-refractivity contribution in [1.82, 2.24) is 4.48 Å². The lowest BCUT2D eigenvalue weighted by molar-refractivity contribution is 0.252. The van der Waals surface area contributed by atoms with E-state index >= 15 is 0 Å². The minimum atomic E-state index is 1.26. The third-order valence-corrected chi connectivity index (χ3v) is 14.6. The first-order valence-electron chi connectivity index (χ1n) is 29.2. The molecule has 1 nitrogen and oxygen atoms in total. The van der Waals surface area contributed by atoms with Gasteiger partial charge in [-0.2, -0.15) is 0 Å². The molecule has 0 atom stereocenters. The van der Waals surface area contributed by atoms with Gasteiger partial charge in [0.1, 0.15) is 5.69 Å². The molecule has 0 saturated heterocycles. The third-order valence-electron chi connectivity index (χ3n) is 14.6. The molecule has 0 aliphatic carbocycles. The number of rotatable bonds is 52. The summed E-state index contributed by atoms with van der Waals surface area (Å²) < 4.78 is 1.26. The molecule has 61 heavy (non-hydrogen) atoms. The summed E-state index contributed by atoms with van der Waals surface area (Å²) in [6.45, 7) is 11.0. The van der Waals surface area contributed by atoms with Gasteiger partial charge in [-0.3, -0.25) is 4.48 Å². The standard InChI is InChI=1S/C60H116N/c1-4-7-10-13-16-19-22-25-28-31-34-37-40-43-46-52-57-61(60-55-50-49-51-56-60,58-53-47-44-41-38-35-32-29-26-23-20-17-14-11-8-5-2)59-54-48-45-42-39-36-33-30-27-24-21-18-15-12-9-6-3/h49-51,55-56H,4-48,52-54,57-59H2,1-3H3/q+1. The molecule has 0 unspecified atom stereocenters. The fraction of sp³-hybridized carbons (Fsp3) is 0.900. The maximum atomic E-state index is 2.49. The molecule has 0 bridgehead atoms. The van der Waals surface area contributed by atoms with Crippen molar-refractivity contribution in [3.63, 3.8) is 0 Å². The van der Waals surface area contributed by atoms with Gasteiger partial charge < -0.3 is 0 Å². The quantitative estimate of drug-likeness (QED) is 0.0452. The van der Waals surface area contributed by atoms with E-state index in [4.69, 9.17) is 0 Å². The van der Waals surface area contributed by atoms with Gasteiger partial charge in [0, 0.05) is 0 Å². The molecule has 0 amide bonds. The lowest BCUT2D eigenvalue weighted by Gasteiger charge is -2.39. The van der Waals surface area contributed by atoms with Crippen LogP contribution in [0.1, 0.15) is 329 Å². The highest BCUT2D eigenvalue weighted by Crippen LogP contribution is 2.28. The SMILES string of the molecule is CCCCCCCCCCCCCCCCCC[N+](CCCCCCCCCCCCCCCCCC)(CCCCCCCCCCCCCCCCCC)c1ccccc1. The molecule has 1 heteroatoms. The monoisotopic (exact) mass is 851 g/mol. The van der Waals surface area contributed by atoms with E-state index in [1.54, 1.807) is 5.69 Å². The van der Waals surface area contributed by atoms with Crippen molar-refractivity contribution < 1.29 is 0 Å². The van der Waals surface area contributed by atoms with Gasteiger partial charge in [-0.1, -0.05) is 309 Å². The molecule has 0 radical (unpaired) electrons. The van der Waals surface area contributed by atoms with E-state index in [1.807, 2.05) is 0 Å². The fourth-order valence-corrected chi connectivity index (χ4v) is 10.4. The Morgan fingerprint density at radius 1 is 0.213 bits per heavy atom. The first kappa shape index (κ1) is 58.2. The number of benzene rings is 1. The molecule has 0 aromatic heterocycles. The summed E-state index contributed by atoms with van der Waals surface area (Å²) in [6.07, 6.45) is 69.9. The zero-order valence-electron chi connectivity index (χ0n) is 42.9. The van der Waals surface area contributed by atoms with E-state index in [0.29, 0.717) is 0 Å². The molecule has 1 aromatic rings. The average molecular weight is 852 g/mol. The summed E-state index contributed by atoms with van der Waals surface area (Å²) in [5.41, 5.74) is 1.62. The fourth-order valence-electron chi connectivity index (χ4n) is 10.4. The van der Waals surface area contributed by atoms with E-state index in [-0.39, 0.29) is 0 Å². The number of hydrogen-bond donors (Lipinski definition) is 0. The Kier molecular flexibility index (Phi) is 46.4. The van der Waals surface area contributed by atoms with Crippen LogP contribution in [-0.2, 0) is 0 Å². The van der Waals surface area contributed by atoms with Crippen molar-refractivity contribution in [2.24, 2.45) is 0 Å². The van der Waals surface area contributed by atoms with Crippen molar-refractivity contribution >= 4 is 5.69 Å². The molecule has 360 valence electrons. The highest BCUT2D eigenvalue weighted by molar-refractivity contribution is 5.42. The van der Waals surface area contributed by atoms with E-state index < -0.39 is 0 Å². The van der Waals surface area contributed by atoms with Crippen LogP contribution in [0.4, 0.5) is 5.69 Å². The second-order valence-electron chi connectivity index (χ2n) is 20.6. The molecule has 0 saturated carbocycles. The number of para-hydroxylation sites is 1. The van der Waals surface area contributed by atoms with Crippen LogP contribution >= 0.6 is 0 Å². The van der Waals surface area contributed by atoms with Crippen molar-refractivity contribution in [3.8, 4) is 0 Å². The summed E-state index contributed by atoms with van der Waals surface area (Å²) in [6, 6.07) is 11.9. The zero-order valence-corrected chi connectivity index (χ0v) is 42.9. The third kappa shape index (κ3) is 39.3. The molecular formula is C60H116N+. The van der Waals surface area contributed by atoms with Crippen LogP contribution in [0.2, 0.25) is 0 Å². The Hall–Kier alpha value is -0.820. The molecule has 0 N–H and O–H groups in total. The van der Waals surface area contributed by atoms with Gasteiger partial charge in [0.15, 0.2) is 0 Å². The molecule has 0 heterocycles. The van der Waals surface area contributed by atoms with Crippen LogP contribution in [0.15, 0.2) is 30.3 Å². The highest BCUT2D eigenvalue weighted by Gasteiger charge is 2.29. The molecule has 1 aromatic carbocycles. The Bertz CT molecular complexity index is 834. The van der Waals surface area contributed by atoms with Gasteiger partial charge in [0.2, 0.25) is 0 Å². The average Bonchev–Trinajstić information content (AvgIpc) is 3.28. The minimum absolute atomic E-state index is 1.26. The lowest BCUT2D eigenvalue weighted by Crippen LogP contribution is -2.51. The van der Waals surface area contributed by atoms with Gasteiger partial charge in [0.05, 0.1) is 19.6 Å². The summed E-state index contributed by atoms with van der Waals surface area (Å²) in [7, 11) is 0. The largest absolute Gasteiger partial charge is 0.291 e. The van der Waals surface area contributed by atoms with E-state index in [9.17, 15) is 0 Å². The predicted octanol–water partition coefficient (Wildman–Crippen LogP) is 21.8. The molecule has 0 aliphatic heterocycles. The van der Waals surface area contributed by atoms with Crippen molar-refractivity contribution in [1.29, 1.82) is 0 Å². The van der Waals surface area contributed by atoms with Crippen LogP contribution in [-0.4, -0.2) is 19.6 Å². The summed E-state index contributed by atoms with van der Waals surface area (Å²) in [4.78, 5) is 0. The highest BCUT2D eigenvalue weighted by atomic mass is 15.4. The number of hydrogen-bond acceptors (Lipinski definition) is 0. The van der Waals surface area contributed by atoms with Gasteiger partial charge in [0.25, 0.3) is 0 Å². The van der Waals surface area contributed by atoms with E-state index in [1.165, 1.54) is 332 Å². The first-order valence-corrected chi connectivity index (χ1v) is 29.2. The smallest absolute Gasteiger partial charge is 0.132 e. The normalized spacial score (nSPS) is 11.9. The second kappa shape index (κ2) is 48.6. The van der Waals surface area contributed by atoms with Gasteiger partial charge >= 0.3 is 0 Å². The lowest BCUT2D eigenvalue weighted by atomic mass is 10.0.